The van der Waals surface area contributed by atoms with Crippen LogP contribution in [0.2, 0.25) is 0 Å². The van der Waals surface area contributed by atoms with E-state index in [-0.39, 0.29) is 11.6 Å². The van der Waals surface area contributed by atoms with Crippen LogP contribution in [0, 0.1) is 0 Å². The molecule has 128 valence electrons. The van der Waals surface area contributed by atoms with Crippen molar-refractivity contribution in [3.63, 3.8) is 0 Å². The zero-order valence-corrected chi connectivity index (χ0v) is 14.6. The third-order valence-electron chi connectivity index (χ3n) is 5.36. The Labute approximate surface area is 150 Å². The number of carbonyl (C=O) groups excluding carboxylic acids is 1. The van der Waals surface area contributed by atoms with Crippen LogP contribution < -0.4 is 15.5 Å². The van der Waals surface area contributed by atoms with Gasteiger partial charge in [-0.1, -0.05) is 18.2 Å². The molecule has 0 atom stereocenters. The van der Waals surface area contributed by atoms with Crippen molar-refractivity contribution >= 4 is 29.4 Å². The smallest absolute Gasteiger partial charge is 0.319 e. The van der Waals surface area contributed by atoms with E-state index in [1.165, 1.54) is 16.2 Å². The van der Waals surface area contributed by atoms with Crippen molar-refractivity contribution in [1.82, 2.24) is 15.3 Å². The number of urea groups is 1. The highest BCUT2D eigenvalue weighted by Crippen LogP contribution is 2.40. The van der Waals surface area contributed by atoms with Crippen LogP contribution in [0.4, 0.5) is 16.4 Å². The lowest BCUT2D eigenvalue weighted by atomic mass is 9.79. The zero-order chi connectivity index (χ0) is 16.9. The second-order valence-electron chi connectivity index (χ2n) is 6.77. The maximum absolute atomic E-state index is 12.1. The lowest BCUT2D eigenvalue weighted by molar-refractivity contribution is 0.219. The number of aryl methyl sites for hydroxylation is 1. The predicted molar refractivity (Wildman–Crippen MR) is 98.2 cm³/mol. The lowest BCUT2D eigenvalue weighted by Gasteiger charge is -2.45. The van der Waals surface area contributed by atoms with Gasteiger partial charge in [-0.2, -0.15) is 0 Å². The fourth-order valence-corrected chi connectivity index (χ4v) is 4.99. The first-order valence-corrected chi connectivity index (χ1v) is 9.64. The number of amides is 2. The second kappa shape index (κ2) is 5.62. The lowest BCUT2D eigenvalue weighted by Crippen LogP contribution is -2.57. The molecule has 6 nitrogen and oxygen atoms in total. The molecule has 0 radical (unpaired) electrons. The van der Waals surface area contributed by atoms with E-state index in [1.807, 2.05) is 36.2 Å². The number of nitrogens with zero attached hydrogens (tertiary/aromatic N) is 3. The van der Waals surface area contributed by atoms with Gasteiger partial charge in [-0.25, -0.2) is 14.8 Å². The van der Waals surface area contributed by atoms with E-state index in [1.54, 1.807) is 0 Å². The molecule has 0 unspecified atom stereocenters. The maximum Gasteiger partial charge on any atom is 0.319 e. The number of hydrogen-bond acceptors (Lipinski definition) is 5. The van der Waals surface area contributed by atoms with Gasteiger partial charge in [0.1, 0.15) is 0 Å². The highest BCUT2D eigenvalue weighted by atomic mass is 32.2. The topological polar surface area (TPSA) is 70.2 Å². The van der Waals surface area contributed by atoms with Crippen LogP contribution in [0.25, 0.3) is 0 Å². The van der Waals surface area contributed by atoms with Crippen LogP contribution in [-0.4, -0.2) is 34.8 Å². The molecular formula is C18H19N5OS. The first kappa shape index (κ1) is 15.0. The highest BCUT2D eigenvalue weighted by Gasteiger charge is 2.42. The van der Waals surface area contributed by atoms with Gasteiger partial charge in [0.2, 0.25) is 5.95 Å². The van der Waals surface area contributed by atoms with Gasteiger partial charge in [-0.3, -0.25) is 0 Å². The minimum atomic E-state index is -0.290. The maximum atomic E-state index is 12.1. The van der Waals surface area contributed by atoms with E-state index in [4.69, 9.17) is 4.98 Å². The fourth-order valence-electron chi connectivity index (χ4n) is 4.04. The number of aromatic nitrogens is 2. The summed E-state index contributed by atoms with van der Waals surface area (Å²) >= 11 is 1.84. The Morgan fingerprint density at radius 2 is 2.04 bits per heavy atom. The number of anilines is 2. The molecule has 1 fully saturated rings. The average Bonchev–Trinajstić information content (AvgIpc) is 3.10. The van der Waals surface area contributed by atoms with Gasteiger partial charge < -0.3 is 15.5 Å². The first-order chi connectivity index (χ1) is 12.2. The van der Waals surface area contributed by atoms with Crippen molar-refractivity contribution in [3.8, 4) is 0 Å². The van der Waals surface area contributed by atoms with Crippen LogP contribution >= 0.6 is 11.8 Å². The van der Waals surface area contributed by atoms with Gasteiger partial charge in [0.15, 0.2) is 0 Å². The van der Waals surface area contributed by atoms with Crippen LogP contribution in [0.3, 0.4) is 0 Å². The monoisotopic (exact) mass is 353 g/mol. The molecule has 25 heavy (non-hydrogen) atoms. The molecule has 3 aliphatic heterocycles. The summed E-state index contributed by atoms with van der Waals surface area (Å²) in [6, 6.07) is 7.97. The van der Waals surface area contributed by atoms with E-state index in [0.717, 1.165) is 49.7 Å². The van der Waals surface area contributed by atoms with Gasteiger partial charge in [0.25, 0.3) is 0 Å². The fraction of sp³-hybridized carbons (Fsp3) is 0.389. The van der Waals surface area contributed by atoms with Gasteiger partial charge in [0, 0.05) is 47.6 Å². The molecule has 1 saturated heterocycles. The summed E-state index contributed by atoms with van der Waals surface area (Å²) in [6.07, 6.45) is 4.70. The molecule has 3 aliphatic rings. The third kappa shape index (κ3) is 2.45. The molecular weight excluding hydrogens is 334 g/mol. The first-order valence-electron chi connectivity index (χ1n) is 8.66. The quantitative estimate of drug-likeness (QED) is 0.825. The Bertz CT molecular complexity index is 847. The molecule has 1 spiro atoms. The molecule has 0 bridgehead atoms. The summed E-state index contributed by atoms with van der Waals surface area (Å²) in [5.74, 6) is 1.93. The Morgan fingerprint density at radius 1 is 1.20 bits per heavy atom. The number of para-hydroxylation sites is 1. The minimum Gasteiger partial charge on any atom is -0.341 e. The van der Waals surface area contributed by atoms with Gasteiger partial charge in [-0.05, 0) is 18.9 Å². The van der Waals surface area contributed by atoms with Crippen molar-refractivity contribution < 1.29 is 4.79 Å². The summed E-state index contributed by atoms with van der Waals surface area (Å²) in [7, 11) is 0. The van der Waals surface area contributed by atoms with Crippen LogP contribution in [0.5, 0.6) is 0 Å². The molecule has 1 aromatic heterocycles. The van der Waals surface area contributed by atoms with Crippen molar-refractivity contribution in [3.05, 3.63) is 41.7 Å². The summed E-state index contributed by atoms with van der Waals surface area (Å²) in [5.41, 5.74) is 2.99. The van der Waals surface area contributed by atoms with Crippen molar-refractivity contribution in [2.45, 2.75) is 29.7 Å². The Hall–Kier alpha value is -2.28. The summed E-state index contributed by atoms with van der Waals surface area (Å²) < 4.78 is 0. The number of hydrogen-bond donors (Lipinski definition) is 2. The SMILES string of the molecule is O=C1Nc2ccccc2C2(CCN(c3ncc4c(n3)CCS4)CC2)N1. The molecule has 2 N–H and O–H groups in total. The molecule has 2 amide bonds. The molecule has 5 rings (SSSR count). The van der Waals surface area contributed by atoms with Crippen LogP contribution in [-0.2, 0) is 12.0 Å². The van der Waals surface area contributed by atoms with Gasteiger partial charge >= 0.3 is 6.03 Å². The largest absolute Gasteiger partial charge is 0.341 e. The molecule has 0 saturated carbocycles. The predicted octanol–water partition coefficient (Wildman–Crippen LogP) is 2.76. The zero-order valence-electron chi connectivity index (χ0n) is 13.8. The Balaban J connectivity index is 1.40. The number of nitrogens with one attached hydrogen (secondary N) is 2. The van der Waals surface area contributed by atoms with Crippen LogP contribution in [0.15, 0.2) is 35.4 Å². The van der Waals surface area contributed by atoms with Gasteiger partial charge in [-0.15, -0.1) is 11.8 Å². The minimum absolute atomic E-state index is 0.113. The van der Waals surface area contributed by atoms with Crippen molar-refractivity contribution in [2.24, 2.45) is 0 Å². The molecule has 2 aromatic rings. The molecule has 0 aliphatic carbocycles. The van der Waals surface area contributed by atoms with Crippen molar-refractivity contribution in [2.75, 3.05) is 29.1 Å². The van der Waals surface area contributed by atoms with E-state index >= 15 is 0 Å². The van der Waals surface area contributed by atoms with Crippen molar-refractivity contribution in [1.29, 1.82) is 0 Å². The summed E-state index contributed by atoms with van der Waals surface area (Å²) in [6.45, 7) is 1.67. The normalized spacial score (nSPS) is 20.6. The number of carbonyl (C=O) groups is 1. The number of piperidine rings is 1. The Kier molecular flexibility index (Phi) is 3.38. The third-order valence-corrected chi connectivity index (χ3v) is 6.42. The molecule has 4 heterocycles. The van der Waals surface area contributed by atoms with Crippen LogP contribution in [0.1, 0.15) is 24.1 Å². The highest BCUT2D eigenvalue weighted by molar-refractivity contribution is 7.99. The number of benzene rings is 1. The van der Waals surface area contributed by atoms with Gasteiger partial charge in [0.05, 0.1) is 11.2 Å². The number of thioether (sulfide) groups is 1. The van der Waals surface area contributed by atoms with E-state index < -0.39 is 0 Å². The average molecular weight is 353 g/mol. The summed E-state index contributed by atoms with van der Waals surface area (Å²) in [5, 5.41) is 6.09. The van der Waals surface area contributed by atoms with E-state index in [2.05, 4.69) is 26.6 Å². The molecule has 1 aromatic carbocycles. The number of fused-ring (bicyclic) bond motifs is 3. The molecule has 7 heteroatoms. The van der Waals surface area contributed by atoms with E-state index in [0.29, 0.717) is 0 Å². The Morgan fingerprint density at radius 3 is 2.92 bits per heavy atom. The number of rotatable bonds is 1. The summed E-state index contributed by atoms with van der Waals surface area (Å²) in [4.78, 5) is 24.9. The van der Waals surface area contributed by atoms with E-state index in [9.17, 15) is 4.79 Å². The standard InChI is InChI=1S/C18H19N5OS/c24-17-21-13-4-2-1-3-12(13)18(22-17)6-8-23(9-7-18)16-19-11-15-14(20-16)5-10-25-15/h1-4,11H,5-10H2,(H2,21,22,24). The second-order valence-corrected chi connectivity index (χ2v) is 7.91.